The molecule has 0 radical (unpaired) electrons. The van der Waals surface area contributed by atoms with Crippen LogP contribution in [-0.4, -0.2) is 24.9 Å². The molecule has 0 aliphatic carbocycles. The van der Waals surface area contributed by atoms with Crippen LogP contribution in [0.25, 0.3) is 0 Å². The van der Waals surface area contributed by atoms with Crippen molar-refractivity contribution in [3.63, 3.8) is 0 Å². The lowest BCUT2D eigenvalue weighted by Gasteiger charge is -2.21. The van der Waals surface area contributed by atoms with Gasteiger partial charge in [-0.25, -0.2) is 0 Å². The Morgan fingerprint density at radius 2 is 2.05 bits per heavy atom. The number of hydrogen-bond donors (Lipinski definition) is 3. The molecule has 3 N–H and O–H groups in total. The highest BCUT2D eigenvalue weighted by atomic mass is 16.2. The van der Waals surface area contributed by atoms with Gasteiger partial charge in [-0.15, -0.1) is 0 Å². The molecule has 0 atom stereocenters. The maximum absolute atomic E-state index is 12.0. The van der Waals surface area contributed by atoms with Crippen molar-refractivity contribution in [1.82, 2.24) is 10.6 Å². The van der Waals surface area contributed by atoms with E-state index in [9.17, 15) is 9.59 Å². The number of anilines is 1. The van der Waals surface area contributed by atoms with E-state index in [4.69, 9.17) is 0 Å². The number of rotatable bonds is 4. The van der Waals surface area contributed by atoms with Gasteiger partial charge in [-0.1, -0.05) is 12.1 Å². The normalized spacial score (nSPS) is 15.7. The van der Waals surface area contributed by atoms with E-state index >= 15 is 0 Å². The zero-order valence-corrected chi connectivity index (χ0v) is 11.7. The summed E-state index contributed by atoms with van der Waals surface area (Å²) in [5.41, 5.74) is 1.74. The summed E-state index contributed by atoms with van der Waals surface area (Å²) in [4.78, 5) is 23.0. The summed E-state index contributed by atoms with van der Waals surface area (Å²) in [5, 5.41) is 8.95. The van der Waals surface area contributed by atoms with Crippen LogP contribution >= 0.6 is 0 Å². The van der Waals surface area contributed by atoms with Gasteiger partial charge in [0.2, 0.25) is 11.8 Å². The van der Waals surface area contributed by atoms with Crippen LogP contribution in [0.2, 0.25) is 0 Å². The van der Waals surface area contributed by atoms with E-state index in [1.165, 1.54) is 6.92 Å². The molecule has 1 heterocycles. The maximum atomic E-state index is 12.0. The first-order chi connectivity index (χ1) is 9.65. The minimum Gasteiger partial charge on any atom is -0.352 e. The maximum Gasteiger partial charge on any atom is 0.223 e. The minimum absolute atomic E-state index is 0.0964. The second-order valence-electron chi connectivity index (χ2n) is 5.12. The lowest BCUT2D eigenvalue weighted by Crippen LogP contribution is -2.37. The molecule has 0 unspecified atom stereocenters. The third-order valence-electron chi connectivity index (χ3n) is 3.42. The Morgan fingerprint density at radius 3 is 2.75 bits per heavy atom. The predicted octanol–water partition coefficient (Wildman–Crippen LogP) is 1.26. The molecule has 1 aliphatic rings. The molecule has 2 amide bonds. The number of hydrogen-bond acceptors (Lipinski definition) is 3. The van der Waals surface area contributed by atoms with Crippen molar-refractivity contribution in [2.45, 2.75) is 26.3 Å². The highest BCUT2D eigenvalue weighted by Crippen LogP contribution is 2.13. The van der Waals surface area contributed by atoms with Gasteiger partial charge in [0.05, 0.1) is 0 Å². The van der Waals surface area contributed by atoms with Crippen molar-refractivity contribution in [3.8, 4) is 0 Å². The summed E-state index contributed by atoms with van der Waals surface area (Å²) in [6.07, 6.45) is 1.80. The summed E-state index contributed by atoms with van der Waals surface area (Å²) in [7, 11) is 0. The SMILES string of the molecule is CC(=O)Nc1cccc(CNC(=O)C2CCNCC2)c1. The topological polar surface area (TPSA) is 70.2 Å². The first-order valence-electron chi connectivity index (χ1n) is 7.00. The molecule has 0 spiro atoms. The summed E-state index contributed by atoms with van der Waals surface area (Å²) < 4.78 is 0. The van der Waals surface area contributed by atoms with Crippen LogP contribution in [0.4, 0.5) is 5.69 Å². The van der Waals surface area contributed by atoms with Gasteiger partial charge < -0.3 is 16.0 Å². The Morgan fingerprint density at radius 1 is 1.30 bits per heavy atom. The number of piperidine rings is 1. The molecule has 5 heteroatoms. The molecule has 1 aromatic carbocycles. The summed E-state index contributed by atoms with van der Waals surface area (Å²) in [6, 6.07) is 7.52. The lowest BCUT2D eigenvalue weighted by molar-refractivity contribution is -0.125. The second-order valence-corrected chi connectivity index (χ2v) is 5.12. The molecule has 2 rings (SSSR count). The summed E-state index contributed by atoms with van der Waals surface area (Å²) >= 11 is 0. The average molecular weight is 275 g/mol. The van der Waals surface area contributed by atoms with Gasteiger partial charge in [0.25, 0.3) is 0 Å². The Kier molecular flexibility index (Phi) is 5.12. The first kappa shape index (κ1) is 14.5. The molecule has 20 heavy (non-hydrogen) atoms. The lowest BCUT2D eigenvalue weighted by atomic mass is 9.97. The van der Waals surface area contributed by atoms with E-state index in [0.29, 0.717) is 6.54 Å². The molecule has 0 aromatic heterocycles. The standard InChI is InChI=1S/C15H21N3O2/c1-11(19)18-14-4-2-3-12(9-14)10-17-15(20)13-5-7-16-8-6-13/h2-4,9,13,16H,5-8,10H2,1H3,(H,17,20)(H,18,19). The van der Waals surface area contributed by atoms with Crippen LogP contribution in [0.3, 0.4) is 0 Å². The molecule has 108 valence electrons. The van der Waals surface area contributed by atoms with Crippen LogP contribution in [0.15, 0.2) is 24.3 Å². The molecule has 1 aliphatic heterocycles. The van der Waals surface area contributed by atoms with Gasteiger partial charge >= 0.3 is 0 Å². The van der Waals surface area contributed by atoms with E-state index in [-0.39, 0.29) is 17.7 Å². The zero-order valence-electron chi connectivity index (χ0n) is 11.7. The molecule has 1 saturated heterocycles. The Labute approximate surface area is 119 Å². The molecule has 1 aromatic rings. The Bertz CT molecular complexity index is 482. The quantitative estimate of drug-likeness (QED) is 0.775. The fraction of sp³-hybridized carbons (Fsp3) is 0.467. The van der Waals surface area contributed by atoms with Gasteiger partial charge in [-0.3, -0.25) is 9.59 Å². The third-order valence-corrected chi connectivity index (χ3v) is 3.42. The molecular weight excluding hydrogens is 254 g/mol. The van der Waals surface area contributed by atoms with E-state index < -0.39 is 0 Å². The largest absolute Gasteiger partial charge is 0.352 e. The Hall–Kier alpha value is -1.88. The summed E-state index contributed by atoms with van der Waals surface area (Å²) in [6.45, 7) is 3.80. The number of carbonyl (C=O) groups is 2. The van der Waals surface area contributed by atoms with E-state index in [0.717, 1.165) is 37.2 Å². The van der Waals surface area contributed by atoms with Gasteiger partial charge in [0.1, 0.15) is 0 Å². The third kappa shape index (κ3) is 4.35. The van der Waals surface area contributed by atoms with E-state index in [1.54, 1.807) is 0 Å². The van der Waals surface area contributed by atoms with E-state index in [1.807, 2.05) is 24.3 Å². The minimum atomic E-state index is -0.0964. The van der Waals surface area contributed by atoms with Crippen molar-refractivity contribution in [1.29, 1.82) is 0 Å². The Balaban J connectivity index is 1.86. The van der Waals surface area contributed by atoms with Gasteiger partial charge in [-0.05, 0) is 43.6 Å². The van der Waals surface area contributed by atoms with Crippen molar-refractivity contribution < 1.29 is 9.59 Å². The van der Waals surface area contributed by atoms with Crippen molar-refractivity contribution in [2.24, 2.45) is 5.92 Å². The van der Waals surface area contributed by atoms with Gasteiger partial charge in [-0.2, -0.15) is 0 Å². The van der Waals surface area contributed by atoms with Crippen LogP contribution in [0.5, 0.6) is 0 Å². The number of nitrogens with one attached hydrogen (secondary N) is 3. The number of amides is 2. The number of carbonyl (C=O) groups excluding carboxylic acids is 2. The molecule has 5 nitrogen and oxygen atoms in total. The second kappa shape index (κ2) is 7.05. The van der Waals surface area contributed by atoms with Crippen LogP contribution in [-0.2, 0) is 16.1 Å². The number of benzene rings is 1. The smallest absolute Gasteiger partial charge is 0.223 e. The van der Waals surface area contributed by atoms with Crippen molar-refractivity contribution in [3.05, 3.63) is 29.8 Å². The fourth-order valence-electron chi connectivity index (χ4n) is 2.38. The van der Waals surface area contributed by atoms with Crippen LogP contribution in [0, 0.1) is 5.92 Å². The molecule has 0 bridgehead atoms. The molecular formula is C15H21N3O2. The molecule has 1 fully saturated rings. The van der Waals surface area contributed by atoms with E-state index in [2.05, 4.69) is 16.0 Å². The average Bonchev–Trinajstić information content (AvgIpc) is 2.45. The van der Waals surface area contributed by atoms with Crippen molar-refractivity contribution >= 4 is 17.5 Å². The zero-order chi connectivity index (χ0) is 14.4. The predicted molar refractivity (Wildman–Crippen MR) is 78.2 cm³/mol. The fourth-order valence-corrected chi connectivity index (χ4v) is 2.38. The van der Waals surface area contributed by atoms with Gasteiger partial charge in [0.15, 0.2) is 0 Å². The summed E-state index contributed by atoms with van der Waals surface area (Å²) in [5.74, 6) is 0.145. The highest BCUT2D eigenvalue weighted by molar-refractivity contribution is 5.88. The van der Waals surface area contributed by atoms with Crippen LogP contribution < -0.4 is 16.0 Å². The van der Waals surface area contributed by atoms with Gasteiger partial charge in [0, 0.05) is 25.1 Å². The molecule has 0 saturated carbocycles. The monoisotopic (exact) mass is 275 g/mol. The first-order valence-corrected chi connectivity index (χ1v) is 7.00. The van der Waals surface area contributed by atoms with Crippen LogP contribution in [0.1, 0.15) is 25.3 Å². The van der Waals surface area contributed by atoms with Crippen molar-refractivity contribution in [2.75, 3.05) is 18.4 Å². The highest BCUT2D eigenvalue weighted by Gasteiger charge is 2.20.